The van der Waals surface area contributed by atoms with Gasteiger partial charge in [0.25, 0.3) is 0 Å². The molecule has 0 spiro atoms. The van der Waals surface area contributed by atoms with Crippen LogP contribution < -0.4 is 10.6 Å². The Hall–Kier alpha value is -2.52. The molecule has 0 saturated carbocycles. The fraction of sp³-hybridized carbons (Fsp3) is 0.458. The lowest BCUT2D eigenvalue weighted by atomic mass is 10.1. The lowest BCUT2D eigenvalue weighted by Crippen LogP contribution is -2.53. The fourth-order valence-corrected chi connectivity index (χ4v) is 4.10. The quantitative estimate of drug-likeness (QED) is 0.458. The van der Waals surface area contributed by atoms with Gasteiger partial charge in [0, 0.05) is 11.3 Å². The van der Waals surface area contributed by atoms with Crippen molar-refractivity contribution in [1.82, 2.24) is 10.6 Å². The Labute approximate surface area is 203 Å². The third-order valence-corrected chi connectivity index (χ3v) is 5.97. The van der Waals surface area contributed by atoms with E-state index in [4.69, 9.17) is 9.47 Å². The summed E-state index contributed by atoms with van der Waals surface area (Å²) in [4.78, 5) is 39.2. The molecule has 2 amide bonds. The first-order valence-corrected chi connectivity index (χ1v) is 13.0. The van der Waals surface area contributed by atoms with Gasteiger partial charge in [0.2, 0.25) is 5.91 Å². The van der Waals surface area contributed by atoms with E-state index in [1.807, 2.05) is 54.1 Å². The van der Waals surface area contributed by atoms with Gasteiger partial charge in [-0.15, -0.1) is 11.3 Å². The smallest absolute Gasteiger partial charge is 0.408 e. The zero-order valence-corrected chi connectivity index (χ0v) is 21.1. The molecule has 9 heteroatoms. The highest BCUT2D eigenvalue weighted by Crippen LogP contribution is 2.14. The molecule has 2 aromatic rings. The van der Waals surface area contributed by atoms with E-state index in [0.717, 1.165) is 10.4 Å². The van der Waals surface area contributed by atoms with Crippen LogP contribution >= 0.6 is 23.1 Å². The van der Waals surface area contributed by atoms with Crippen molar-refractivity contribution in [3.8, 4) is 0 Å². The topological polar surface area (TPSA) is 93.7 Å². The van der Waals surface area contributed by atoms with Crippen LogP contribution in [0.5, 0.6) is 0 Å². The molecule has 1 aromatic heterocycles. The first kappa shape index (κ1) is 26.7. The summed E-state index contributed by atoms with van der Waals surface area (Å²) in [7, 11) is 0. The summed E-state index contributed by atoms with van der Waals surface area (Å²) in [5, 5.41) is 7.32. The van der Waals surface area contributed by atoms with Crippen LogP contribution in [0.2, 0.25) is 0 Å². The number of esters is 1. The van der Waals surface area contributed by atoms with Gasteiger partial charge in [-0.2, -0.15) is 11.8 Å². The number of thiophene rings is 1. The standard InChI is InChI=1S/C24H32N2O5S2/c1-24(2,3)31-23(29)26-20(15-18-11-8-13-33-18)21(27)25-19(12-14-32-4)22(28)30-16-17-9-6-5-7-10-17/h5-11,13,19-20H,12,14-16H2,1-4H3,(H,25,27)(H,26,29)/t19-,20-/m0/s1. The van der Waals surface area contributed by atoms with Crippen LogP contribution in [-0.4, -0.2) is 47.7 Å². The Morgan fingerprint density at radius 1 is 1.03 bits per heavy atom. The predicted octanol–water partition coefficient (Wildman–Crippen LogP) is 4.17. The third-order valence-electron chi connectivity index (χ3n) is 4.43. The number of thioether (sulfide) groups is 1. The zero-order chi connectivity index (χ0) is 24.3. The van der Waals surface area contributed by atoms with Crippen molar-refractivity contribution >= 4 is 41.1 Å². The number of amides is 2. The molecule has 1 aromatic carbocycles. The van der Waals surface area contributed by atoms with Gasteiger partial charge in [-0.1, -0.05) is 36.4 Å². The van der Waals surface area contributed by atoms with Gasteiger partial charge >= 0.3 is 12.1 Å². The molecule has 2 rings (SSSR count). The fourth-order valence-electron chi connectivity index (χ4n) is 2.88. The molecule has 0 aliphatic heterocycles. The van der Waals surface area contributed by atoms with E-state index >= 15 is 0 Å². The van der Waals surface area contributed by atoms with Crippen molar-refractivity contribution in [1.29, 1.82) is 0 Å². The normalized spacial score (nSPS) is 13.0. The molecule has 33 heavy (non-hydrogen) atoms. The molecule has 1 heterocycles. The number of nitrogens with one attached hydrogen (secondary N) is 2. The molecule has 7 nitrogen and oxygen atoms in total. The second-order valence-corrected chi connectivity index (χ2v) is 10.4. The van der Waals surface area contributed by atoms with Gasteiger partial charge < -0.3 is 20.1 Å². The van der Waals surface area contributed by atoms with E-state index in [2.05, 4.69) is 10.6 Å². The first-order valence-electron chi connectivity index (χ1n) is 10.7. The lowest BCUT2D eigenvalue weighted by molar-refractivity contribution is -0.149. The van der Waals surface area contributed by atoms with Crippen molar-refractivity contribution in [2.45, 2.75) is 57.9 Å². The Kier molecular flexibility index (Phi) is 10.7. The second kappa shape index (κ2) is 13.3. The van der Waals surface area contributed by atoms with Crippen LogP contribution in [0, 0.1) is 0 Å². The number of alkyl carbamates (subject to hydrolysis) is 1. The number of rotatable bonds is 11. The van der Waals surface area contributed by atoms with E-state index in [9.17, 15) is 14.4 Å². The highest BCUT2D eigenvalue weighted by molar-refractivity contribution is 7.98. The van der Waals surface area contributed by atoms with E-state index in [0.29, 0.717) is 12.2 Å². The molecule has 0 radical (unpaired) electrons. The molecule has 0 fully saturated rings. The highest BCUT2D eigenvalue weighted by atomic mass is 32.2. The Morgan fingerprint density at radius 3 is 2.36 bits per heavy atom. The second-order valence-electron chi connectivity index (χ2n) is 8.42. The average Bonchev–Trinajstić information content (AvgIpc) is 3.27. The molecule has 0 saturated heterocycles. The van der Waals surface area contributed by atoms with E-state index in [1.54, 1.807) is 32.5 Å². The summed E-state index contributed by atoms with van der Waals surface area (Å²) < 4.78 is 10.8. The predicted molar refractivity (Wildman–Crippen MR) is 132 cm³/mol. The Morgan fingerprint density at radius 2 is 1.76 bits per heavy atom. The molecular formula is C24H32N2O5S2. The molecular weight excluding hydrogens is 460 g/mol. The maximum atomic E-state index is 13.1. The summed E-state index contributed by atoms with van der Waals surface area (Å²) in [5.41, 5.74) is 0.166. The number of carbonyl (C=O) groups is 3. The summed E-state index contributed by atoms with van der Waals surface area (Å²) in [6.07, 6.45) is 1.94. The number of ether oxygens (including phenoxy) is 2. The van der Waals surface area contributed by atoms with Crippen molar-refractivity contribution < 1.29 is 23.9 Å². The largest absolute Gasteiger partial charge is 0.459 e. The third kappa shape index (κ3) is 10.3. The van der Waals surface area contributed by atoms with Gasteiger partial charge in [-0.05, 0) is 56.2 Å². The van der Waals surface area contributed by atoms with Gasteiger partial charge in [-0.25, -0.2) is 9.59 Å². The lowest BCUT2D eigenvalue weighted by Gasteiger charge is -2.25. The highest BCUT2D eigenvalue weighted by Gasteiger charge is 2.29. The average molecular weight is 493 g/mol. The van der Waals surface area contributed by atoms with Gasteiger partial charge in [0.05, 0.1) is 0 Å². The Bertz CT molecular complexity index is 882. The zero-order valence-electron chi connectivity index (χ0n) is 19.5. The van der Waals surface area contributed by atoms with Crippen molar-refractivity contribution in [3.63, 3.8) is 0 Å². The SMILES string of the molecule is CSCC[C@H](NC(=O)[C@H](Cc1cccs1)NC(=O)OC(C)(C)C)C(=O)OCc1ccccc1. The summed E-state index contributed by atoms with van der Waals surface area (Å²) in [5.74, 6) is -0.300. The molecule has 2 atom stereocenters. The minimum Gasteiger partial charge on any atom is -0.459 e. The molecule has 0 bridgehead atoms. The van der Waals surface area contributed by atoms with Gasteiger partial charge in [0.15, 0.2) is 0 Å². The van der Waals surface area contributed by atoms with E-state index in [-0.39, 0.29) is 13.0 Å². The van der Waals surface area contributed by atoms with Crippen LogP contribution in [0.25, 0.3) is 0 Å². The maximum Gasteiger partial charge on any atom is 0.408 e. The summed E-state index contributed by atoms with van der Waals surface area (Å²) in [6, 6.07) is 11.4. The maximum absolute atomic E-state index is 13.1. The van der Waals surface area contributed by atoms with Crippen LogP contribution in [0.15, 0.2) is 47.8 Å². The van der Waals surface area contributed by atoms with E-state index < -0.39 is 35.7 Å². The first-order chi connectivity index (χ1) is 15.7. The molecule has 180 valence electrons. The van der Waals surface area contributed by atoms with Gasteiger partial charge in [-0.3, -0.25) is 4.79 Å². The van der Waals surface area contributed by atoms with Crippen molar-refractivity contribution in [2.75, 3.05) is 12.0 Å². The van der Waals surface area contributed by atoms with Crippen molar-refractivity contribution in [2.24, 2.45) is 0 Å². The number of benzene rings is 1. The molecule has 2 N–H and O–H groups in total. The Balaban J connectivity index is 2.07. The summed E-state index contributed by atoms with van der Waals surface area (Å²) in [6.45, 7) is 5.38. The molecule has 0 aliphatic carbocycles. The number of carbonyl (C=O) groups excluding carboxylic acids is 3. The minimum atomic E-state index is -0.891. The number of hydrogen-bond donors (Lipinski definition) is 2. The van der Waals surface area contributed by atoms with Gasteiger partial charge in [0.1, 0.15) is 24.3 Å². The molecule has 0 aliphatic rings. The van der Waals surface area contributed by atoms with Crippen LogP contribution in [-0.2, 0) is 32.1 Å². The van der Waals surface area contributed by atoms with Crippen LogP contribution in [0.3, 0.4) is 0 Å². The number of hydrogen-bond acceptors (Lipinski definition) is 7. The monoisotopic (exact) mass is 492 g/mol. The van der Waals surface area contributed by atoms with Crippen molar-refractivity contribution in [3.05, 3.63) is 58.3 Å². The molecule has 0 unspecified atom stereocenters. The summed E-state index contributed by atoms with van der Waals surface area (Å²) >= 11 is 3.06. The minimum absolute atomic E-state index is 0.125. The van der Waals surface area contributed by atoms with E-state index in [1.165, 1.54) is 11.3 Å². The van der Waals surface area contributed by atoms with Crippen LogP contribution in [0.1, 0.15) is 37.6 Å². The van der Waals surface area contributed by atoms with Crippen LogP contribution in [0.4, 0.5) is 4.79 Å².